The lowest BCUT2D eigenvalue weighted by Crippen LogP contribution is -2.50. The average molecular weight is 483 g/mol. The van der Waals surface area contributed by atoms with E-state index in [1.165, 1.54) is 16.7 Å². The summed E-state index contributed by atoms with van der Waals surface area (Å²) in [6.45, 7) is 8.73. The Morgan fingerprint density at radius 3 is 2.75 bits per heavy atom. The number of anilines is 2. The molecule has 36 heavy (non-hydrogen) atoms. The number of aryl methyl sites for hydroxylation is 2. The quantitative estimate of drug-likeness (QED) is 0.451. The minimum Gasteiger partial charge on any atom is -0.336 e. The molecule has 2 atom stereocenters. The number of hydrogen-bond donors (Lipinski definition) is 2. The van der Waals surface area contributed by atoms with Gasteiger partial charge in [-0.2, -0.15) is 0 Å². The number of nitrogens with one attached hydrogen (secondary N) is 2. The van der Waals surface area contributed by atoms with Gasteiger partial charge in [0.15, 0.2) is 0 Å². The van der Waals surface area contributed by atoms with Crippen molar-refractivity contribution in [2.75, 3.05) is 11.9 Å². The van der Waals surface area contributed by atoms with Crippen LogP contribution in [0.5, 0.6) is 0 Å². The number of aromatic nitrogens is 5. The van der Waals surface area contributed by atoms with Crippen molar-refractivity contribution in [2.45, 2.75) is 58.8 Å². The van der Waals surface area contributed by atoms with E-state index in [4.69, 9.17) is 4.98 Å². The predicted octanol–water partition coefficient (Wildman–Crippen LogP) is 4.12. The number of aromatic amines is 1. The largest absolute Gasteiger partial charge is 0.336 e. The van der Waals surface area contributed by atoms with Crippen LogP contribution in [-0.4, -0.2) is 59.7 Å². The number of H-pyrrole nitrogens is 1. The van der Waals surface area contributed by atoms with Crippen molar-refractivity contribution in [2.24, 2.45) is 0 Å². The average Bonchev–Trinajstić information content (AvgIpc) is 3.49. The number of benzene rings is 2. The SMILES string of the molecule is Cc1cc(C)cc(Nc2ncc3c(n2)CN([C@H]2CCN(C(=O)c4ccc5[nH]nnc5c4)[C@@H](C)C2)C3)c1. The van der Waals surface area contributed by atoms with Crippen molar-refractivity contribution in [3.05, 3.63) is 70.5 Å². The van der Waals surface area contributed by atoms with Crippen LogP contribution in [0.25, 0.3) is 11.0 Å². The number of amides is 1. The molecule has 4 heterocycles. The molecule has 9 heteroatoms. The van der Waals surface area contributed by atoms with Crippen molar-refractivity contribution >= 4 is 28.6 Å². The maximum atomic E-state index is 13.2. The molecular formula is C27H30N8O. The number of piperidine rings is 1. The molecule has 4 aromatic rings. The van der Waals surface area contributed by atoms with Crippen LogP contribution in [0.1, 0.15) is 52.5 Å². The maximum Gasteiger partial charge on any atom is 0.254 e. The Hall–Kier alpha value is -3.85. The van der Waals surface area contributed by atoms with Crippen LogP contribution in [-0.2, 0) is 13.1 Å². The monoisotopic (exact) mass is 482 g/mol. The van der Waals surface area contributed by atoms with E-state index >= 15 is 0 Å². The highest BCUT2D eigenvalue weighted by molar-refractivity contribution is 5.97. The number of hydrogen-bond acceptors (Lipinski definition) is 7. The first-order chi connectivity index (χ1) is 17.4. The molecule has 0 aliphatic carbocycles. The smallest absolute Gasteiger partial charge is 0.254 e. The van der Waals surface area contributed by atoms with Gasteiger partial charge in [-0.05, 0) is 75.1 Å². The fraction of sp³-hybridized carbons (Fsp3) is 0.370. The van der Waals surface area contributed by atoms with Gasteiger partial charge < -0.3 is 10.2 Å². The zero-order valence-electron chi connectivity index (χ0n) is 20.8. The molecule has 0 bridgehead atoms. The molecule has 2 aliphatic heterocycles. The van der Waals surface area contributed by atoms with Crippen LogP contribution in [0, 0.1) is 13.8 Å². The predicted molar refractivity (Wildman–Crippen MR) is 138 cm³/mol. The molecule has 2 aliphatic rings. The van der Waals surface area contributed by atoms with E-state index in [0.717, 1.165) is 49.4 Å². The number of carbonyl (C=O) groups is 1. The lowest BCUT2D eigenvalue weighted by Gasteiger charge is -2.41. The lowest BCUT2D eigenvalue weighted by atomic mass is 9.96. The van der Waals surface area contributed by atoms with Crippen LogP contribution in [0.3, 0.4) is 0 Å². The molecule has 0 saturated carbocycles. The van der Waals surface area contributed by atoms with Crippen LogP contribution in [0.15, 0.2) is 42.6 Å². The van der Waals surface area contributed by atoms with E-state index in [2.05, 4.69) is 69.6 Å². The highest BCUT2D eigenvalue weighted by Crippen LogP contribution is 2.31. The highest BCUT2D eigenvalue weighted by Gasteiger charge is 2.35. The van der Waals surface area contributed by atoms with Gasteiger partial charge in [0.25, 0.3) is 5.91 Å². The molecule has 0 unspecified atom stereocenters. The topological polar surface area (TPSA) is 103 Å². The van der Waals surface area contributed by atoms with Gasteiger partial charge >= 0.3 is 0 Å². The van der Waals surface area contributed by atoms with Crippen molar-refractivity contribution in [1.82, 2.24) is 35.2 Å². The second-order valence-corrected chi connectivity index (χ2v) is 10.1. The molecule has 0 radical (unpaired) electrons. The van der Waals surface area contributed by atoms with Crippen LogP contribution >= 0.6 is 0 Å². The van der Waals surface area contributed by atoms with Crippen LogP contribution < -0.4 is 5.32 Å². The van der Waals surface area contributed by atoms with E-state index in [1.807, 2.05) is 29.3 Å². The lowest BCUT2D eigenvalue weighted by molar-refractivity contribution is 0.0460. The van der Waals surface area contributed by atoms with Gasteiger partial charge in [0.05, 0.1) is 11.2 Å². The van der Waals surface area contributed by atoms with Gasteiger partial charge in [0.2, 0.25) is 5.95 Å². The first kappa shape index (κ1) is 22.6. The molecule has 6 rings (SSSR count). The summed E-state index contributed by atoms with van der Waals surface area (Å²) in [6.07, 6.45) is 3.83. The zero-order chi connectivity index (χ0) is 24.8. The summed E-state index contributed by atoms with van der Waals surface area (Å²) in [4.78, 5) is 27.1. The number of likely N-dealkylation sites (tertiary alicyclic amines) is 1. The van der Waals surface area contributed by atoms with Gasteiger partial charge in [0, 0.05) is 54.7 Å². The summed E-state index contributed by atoms with van der Waals surface area (Å²) < 4.78 is 0. The van der Waals surface area contributed by atoms with E-state index in [0.29, 0.717) is 23.1 Å². The number of carbonyl (C=O) groups excluding carboxylic acids is 1. The molecule has 1 fully saturated rings. The summed E-state index contributed by atoms with van der Waals surface area (Å²) >= 11 is 0. The molecule has 2 aromatic heterocycles. The Morgan fingerprint density at radius 1 is 1.11 bits per heavy atom. The molecule has 1 amide bonds. The third-order valence-corrected chi connectivity index (χ3v) is 7.36. The number of fused-ring (bicyclic) bond motifs is 2. The van der Waals surface area contributed by atoms with E-state index in [-0.39, 0.29) is 11.9 Å². The fourth-order valence-corrected chi connectivity index (χ4v) is 5.59. The van der Waals surface area contributed by atoms with Crippen molar-refractivity contribution in [3.63, 3.8) is 0 Å². The molecule has 0 spiro atoms. The highest BCUT2D eigenvalue weighted by atomic mass is 16.2. The Morgan fingerprint density at radius 2 is 1.94 bits per heavy atom. The fourth-order valence-electron chi connectivity index (χ4n) is 5.59. The molecular weight excluding hydrogens is 452 g/mol. The van der Waals surface area contributed by atoms with Gasteiger partial charge in [-0.1, -0.05) is 11.3 Å². The molecule has 2 aromatic carbocycles. The minimum absolute atomic E-state index is 0.0588. The zero-order valence-corrected chi connectivity index (χ0v) is 20.8. The number of rotatable bonds is 4. The minimum atomic E-state index is 0.0588. The summed E-state index contributed by atoms with van der Waals surface area (Å²) in [5.74, 6) is 0.696. The molecule has 184 valence electrons. The van der Waals surface area contributed by atoms with Crippen LogP contribution in [0.4, 0.5) is 11.6 Å². The Bertz CT molecular complexity index is 1430. The summed E-state index contributed by atoms with van der Waals surface area (Å²) in [5.41, 5.74) is 7.92. The molecule has 9 nitrogen and oxygen atoms in total. The van der Waals surface area contributed by atoms with Gasteiger partial charge in [-0.25, -0.2) is 9.97 Å². The van der Waals surface area contributed by atoms with E-state index in [1.54, 1.807) is 0 Å². The second kappa shape index (κ2) is 8.98. The van der Waals surface area contributed by atoms with Crippen molar-refractivity contribution in [3.8, 4) is 0 Å². The molecule has 2 N–H and O–H groups in total. The number of nitrogens with zero attached hydrogens (tertiary/aromatic N) is 6. The molecule has 1 saturated heterocycles. The van der Waals surface area contributed by atoms with Crippen LogP contribution in [0.2, 0.25) is 0 Å². The summed E-state index contributed by atoms with van der Waals surface area (Å²) in [7, 11) is 0. The third-order valence-electron chi connectivity index (χ3n) is 7.36. The third kappa shape index (κ3) is 4.30. The standard InChI is InChI=1S/C27H30N8O/c1-16-8-17(2)10-21(9-16)29-27-28-13-20-14-34(15-25(20)30-27)22-6-7-35(18(3)11-22)26(36)19-4-5-23-24(12-19)32-33-31-23/h4-5,8-10,12-13,18,22H,6-7,11,14-15H2,1-3H3,(H,28,29,30)(H,31,32,33)/t18-,22-/m0/s1. The first-order valence-corrected chi connectivity index (χ1v) is 12.5. The Kier molecular flexibility index (Phi) is 5.64. The summed E-state index contributed by atoms with van der Waals surface area (Å²) in [6, 6.07) is 12.5. The maximum absolute atomic E-state index is 13.2. The Balaban J connectivity index is 1.10. The van der Waals surface area contributed by atoms with Gasteiger partial charge in [-0.3, -0.25) is 14.8 Å². The van der Waals surface area contributed by atoms with Crippen molar-refractivity contribution < 1.29 is 4.79 Å². The van der Waals surface area contributed by atoms with Gasteiger partial charge in [0.1, 0.15) is 5.52 Å². The van der Waals surface area contributed by atoms with Crippen molar-refractivity contribution in [1.29, 1.82) is 0 Å². The Labute approximate surface area is 209 Å². The van der Waals surface area contributed by atoms with E-state index < -0.39 is 0 Å². The van der Waals surface area contributed by atoms with Gasteiger partial charge in [-0.15, -0.1) is 5.10 Å². The second-order valence-electron chi connectivity index (χ2n) is 10.1. The summed E-state index contributed by atoms with van der Waals surface area (Å²) in [5, 5.41) is 14.1. The normalized spacial score (nSPS) is 20.0. The first-order valence-electron chi connectivity index (χ1n) is 12.5. The van der Waals surface area contributed by atoms with E-state index in [9.17, 15) is 4.79 Å².